The fraction of sp³-hybridized carbons (Fsp3) is 0.300. The van der Waals surface area contributed by atoms with E-state index in [0.29, 0.717) is 6.42 Å². The molecule has 1 heterocycles. The number of rotatable bonds is 3. The Hall–Kier alpha value is -2.46. The first-order chi connectivity index (χ1) is 11.6. The Balaban J connectivity index is 2.00. The van der Waals surface area contributed by atoms with Crippen molar-refractivity contribution in [2.75, 3.05) is 7.05 Å². The van der Waals surface area contributed by atoms with Crippen molar-refractivity contribution in [2.24, 2.45) is 0 Å². The van der Waals surface area contributed by atoms with Crippen LogP contribution in [0.25, 0.3) is 0 Å². The second kappa shape index (κ2) is 6.97. The van der Waals surface area contributed by atoms with E-state index in [1.165, 1.54) is 6.92 Å². The summed E-state index contributed by atoms with van der Waals surface area (Å²) in [4.78, 5) is 26.6. The molecule has 0 saturated carbocycles. The second-order valence-corrected chi connectivity index (χ2v) is 6.30. The summed E-state index contributed by atoms with van der Waals surface area (Å²) in [6.07, 6.45) is 0.398. The Bertz CT molecular complexity index is 715. The number of nitrogens with zero attached hydrogens (tertiary/aromatic N) is 1. The van der Waals surface area contributed by atoms with Gasteiger partial charge in [0.25, 0.3) is 0 Å². The smallest absolute Gasteiger partial charge is 0.217 e. The molecule has 24 heavy (non-hydrogen) atoms. The van der Waals surface area contributed by atoms with E-state index in [-0.39, 0.29) is 23.8 Å². The minimum atomic E-state index is -0.519. The van der Waals surface area contributed by atoms with Gasteiger partial charge in [-0.05, 0) is 18.2 Å². The number of Topliss-reactive ketones (excluding diaryl/α,β-unsaturated/α-hetero) is 1. The van der Waals surface area contributed by atoms with Crippen LogP contribution < -0.4 is 5.32 Å². The largest absolute Gasteiger partial charge is 0.345 e. The van der Waals surface area contributed by atoms with Gasteiger partial charge in [-0.25, -0.2) is 0 Å². The Kier molecular flexibility index (Phi) is 4.76. The zero-order valence-corrected chi connectivity index (χ0v) is 14.0. The Morgan fingerprint density at radius 1 is 1.00 bits per heavy atom. The summed E-state index contributed by atoms with van der Waals surface area (Å²) in [5, 5.41) is 2.85. The van der Waals surface area contributed by atoms with Gasteiger partial charge in [-0.3, -0.25) is 14.5 Å². The van der Waals surface area contributed by atoms with Crippen LogP contribution in [0.2, 0.25) is 0 Å². The average molecular weight is 322 g/mol. The molecule has 3 rings (SSSR count). The fourth-order valence-corrected chi connectivity index (χ4v) is 3.55. The van der Waals surface area contributed by atoms with Gasteiger partial charge in [-0.2, -0.15) is 0 Å². The Morgan fingerprint density at radius 3 is 2.08 bits per heavy atom. The van der Waals surface area contributed by atoms with Crippen LogP contribution in [0, 0.1) is 0 Å². The number of carbonyl (C=O) groups excluding carboxylic acids is 2. The molecular weight excluding hydrogens is 300 g/mol. The topological polar surface area (TPSA) is 49.4 Å². The third-order valence-electron chi connectivity index (χ3n) is 4.67. The lowest BCUT2D eigenvalue weighted by Crippen LogP contribution is -2.54. The summed E-state index contributed by atoms with van der Waals surface area (Å²) in [5.41, 5.74) is 2.16. The summed E-state index contributed by atoms with van der Waals surface area (Å²) in [6, 6.07) is 19.3. The molecule has 3 atom stereocenters. The molecule has 0 spiro atoms. The minimum absolute atomic E-state index is 0.00825. The van der Waals surface area contributed by atoms with Gasteiger partial charge in [0.2, 0.25) is 5.91 Å². The summed E-state index contributed by atoms with van der Waals surface area (Å²) in [7, 11) is 2.02. The number of likely N-dealkylation sites (N-methyl/N-ethyl adjacent to an activating group) is 1. The van der Waals surface area contributed by atoms with Gasteiger partial charge < -0.3 is 5.32 Å². The maximum Gasteiger partial charge on any atom is 0.217 e. The van der Waals surface area contributed by atoms with Crippen LogP contribution in [-0.2, 0) is 9.59 Å². The number of ketones is 1. The van der Waals surface area contributed by atoms with Crippen molar-refractivity contribution in [1.82, 2.24) is 10.2 Å². The highest BCUT2D eigenvalue weighted by Gasteiger charge is 2.42. The van der Waals surface area contributed by atoms with Gasteiger partial charge in [-0.15, -0.1) is 0 Å². The maximum atomic E-state index is 12.8. The van der Waals surface area contributed by atoms with E-state index < -0.39 is 6.04 Å². The molecule has 124 valence electrons. The molecule has 1 aliphatic rings. The second-order valence-electron chi connectivity index (χ2n) is 6.30. The van der Waals surface area contributed by atoms with Gasteiger partial charge in [0, 0.05) is 19.4 Å². The highest BCUT2D eigenvalue weighted by molar-refractivity contribution is 5.90. The molecular formula is C20H22N2O2. The quantitative estimate of drug-likeness (QED) is 0.945. The van der Waals surface area contributed by atoms with E-state index in [1.807, 2.05) is 55.6 Å². The summed E-state index contributed by atoms with van der Waals surface area (Å²) in [5.74, 6) is -0.105. The van der Waals surface area contributed by atoms with Crippen molar-refractivity contribution in [3.8, 4) is 0 Å². The molecule has 2 aromatic rings. The van der Waals surface area contributed by atoms with E-state index in [9.17, 15) is 9.59 Å². The molecule has 0 bridgehead atoms. The molecule has 4 nitrogen and oxygen atoms in total. The average Bonchev–Trinajstić information content (AvgIpc) is 2.59. The molecule has 1 fully saturated rings. The SMILES string of the molecule is CC(=O)N[C@H]1C(=O)C[C@@H](c2ccccc2)N(C)[C@@H]1c1ccccc1. The van der Waals surface area contributed by atoms with Crippen molar-refractivity contribution >= 4 is 11.7 Å². The van der Waals surface area contributed by atoms with Crippen molar-refractivity contribution in [2.45, 2.75) is 31.5 Å². The number of benzene rings is 2. The van der Waals surface area contributed by atoms with E-state index in [1.54, 1.807) is 0 Å². The van der Waals surface area contributed by atoms with Crippen molar-refractivity contribution in [3.05, 3.63) is 71.8 Å². The third-order valence-corrected chi connectivity index (χ3v) is 4.67. The molecule has 1 N–H and O–H groups in total. The third kappa shape index (κ3) is 3.24. The number of hydrogen-bond donors (Lipinski definition) is 1. The zero-order valence-electron chi connectivity index (χ0n) is 14.0. The van der Waals surface area contributed by atoms with Gasteiger partial charge in [-0.1, -0.05) is 60.7 Å². The minimum Gasteiger partial charge on any atom is -0.345 e. The fourth-order valence-electron chi connectivity index (χ4n) is 3.55. The van der Waals surface area contributed by atoms with Crippen LogP contribution in [0.4, 0.5) is 0 Å². The molecule has 1 amide bonds. The number of hydrogen-bond acceptors (Lipinski definition) is 3. The highest BCUT2D eigenvalue weighted by Crippen LogP contribution is 2.38. The molecule has 1 aliphatic heterocycles. The monoisotopic (exact) mass is 322 g/mol. The van der Waals surface area contributed by atoms with Crippen molar-refractivity contribution in [1.29, 1.82) is 0 Å². The van der Waals surface area contributed by atoms with E-state index >= 15 is 0 Å². The number of carbonyl (C=O) groups is 2. The van der Waals surface area contributed by atoms with Crippen LogP contribution in [0.5, 0.6) is 0 Å². The van der Waals surface area contributed by atoms with E-state index in [0.717, 1.165) is 11.1 Å². The first-order valence-corrected chi connectivity index (χ1v) is 8.19. The summed E-state index contributed by atoms with van der Waals surface area (Å²) >= 11 is 0. The highest BCUT2D eigenvalue weighted by atomic mass is 16.2. The Morgan fingerprint density at radius 2 is 1.54 bits per heavy atom. The van der Waals surface area contributed by atoms with Gasteiger partial charge in [0.15, 0.2) is 5.78 Å². The van der Waals surface area contributed by atoms with Crippen molar-refractivity contribution in [3.63, 3.8) is 0 Å². The lowest BCUT2D eigenvalue weighted by molar-refractivity contribution is -0.133. The Labute approximate surface area is 142 Å². The maximum absolute atomic E-state index is 12.8. The van der Waals surface area contributed by atoms with Crippen LogP contribution in [0.3, 0.4) is 0 Å². The normalized spacial score (nSPS) is 24.6. The first kappa shape index (κ1) is 16.4. The summed E-state index contributed by atoms with van der Waals surface area (Å²) < 4.78 is 0. The van der Waals surface area contributed by atoms with Crippen LogP contribution in [0.1, 0.15) is 36.6 Å². The van der Waals surface area contributed by atoms with Gasteiger partial charge in [0.05, 0.1) is 6.04 Å². The predicted molar refractivity (Wildman–Crippen MR) is 93.4 cm³/mol. The van der Waals surface area contributed by atoms with E-state index in [4.69, 9.17) is 0 Å². The molecule has 0 radical (unpaired) electrons. The standard InChI is InChI=1S/C20H22N2O2/c1-14(23)21-19-18(24)13-17(15-9-5-3-6-10-15)22(2)20(19)16-11-7-4-8-12-16/h3-12,17,19-20H,13H2,1-2H3,(H,21,23)/t17-,19-,20+/m0/s1. The lowest BCUT2D eigenvalue weighted by Gasteiger charge is -2.44. The molecule has 0 aromatic heterocycles. The van der Waals surface area contributed by atoms with Crippen LogP contribution >= 0.6 is 0 Å². The zero-order chi connectivity index (χ0) is 17.1. The van der Waals surface area contributed by atoms with E-state index in [2.05, 4.69) is 22.3 Å². The predicted octanol–water partition coefficient (Wildman–Crippen LogP) is 2.88. The molecule has 0 aliphatic carbocycles. The van der Waals surface area contributed by atoms with Crippen LogP contribution in [-0.4, -0.2) is 29.7 Å². The summed E-state index contributed by atoms with van der Waals surface area (Å²) in [6.45, 7) is 1.46. The first-order valence-electron chi connectivity index (χ1n) is 8.19. The molecule has 1 saturated heterocycles. The number of amides is 1. The molecule has 4 heteroatoms. The van der Waals surface area contributed by atoms with Crippen LogP contribution in [0.15, 0.2) is 60.7 Å². The van der Waals surface area contributed by atoms with Gasteiger partial charge >= 0.3 is 0 Å². The molecule has 0 unspecified atom stereocenters. The lowest BCUT2D eigenvalue weighted by atomic mass is 9.83. The molecule has 2 aromatic carbocycles. The van der Waals surface area contributed by atoms with Gasteiger partial charge in [0.1, 0.15) is 6.04 Å². The number of nitrogens with one attached hydrogen (secondary N) is 1. The number of piperidine rings is 1. The van der Waals surface area contributed by atoms with Crippen molar-refractivity contribution < 1.29 is 9.59 Å². The number of likely N-dealkylation sites (tertiary alicyclic amines) is 1.